The van der Waals surface area contributed by atoms with E-state index in [0.717, 1.165) is 33.5 Å². The molecule has 164 valence electrons. The van der Waals surface area contributed by atoms with Crippen LogP contribution in [0.15, 0.2) is 36.4 Å². The first-order chi connectivity index (χ1) is 14.7. The Morgan fingerprint density at radius 3 is 2.52 bits per heavy atom. The van der Waals surface area contributed by atoms with E-state index in [9.17, 15) is 5.11 Å². The lowest BCUT2D eigenvalue weighted by molar-refractivity contribution is -0.159. The number of aliphatic carboxylic acids is 2. The van der Waals surface area contributed by atoms with Crippen LogP contribution in [0.1, 0.15) is 28.6 Å². The number of methoxy groups -OCH3 is 1. The Kier molecular flexibility index (Phi) is 6.57. The molecule has 1 heterocycles. The minimum absolute atomic E-state index is 0.375. The number of fused-ring (bicyclic) bond motifs is 2. The number of hydrogen-bond donors (Lipinski definition) is 3. The van der Waals surface area contributed by atoms with E-state index in [4.69, 9.17) is 29.3 Å². The van der Waals surface area contributed by atoms with Crippen molar-refractivity contribution >= 4 is 23.0 Å². The highest BCUT2D eigenvalue weighted by Gasteiger charge is 2.33. The van der Waals surface area contributed by atoms with E-state index in [1.807, 2.05) is 48.9 Å². The van der Waals surface area contributed by atoms with Crippen molar-refractivity contribution in [2.75, 3.05) is 7.11 Å². The molecule has 0 spiro atoms. The van der Waals surface area contributed by atoms with Crippen LogP contribution in [0.25, 0.3) is 11.0 Å². The predicted octanol–water partition coefficient (Wildman–Crippen LogP) is 2.22. The molecule has 2 aromatic carbocycles. The maximum Gasteiger partial charge on any atom is 0.414 e. The van der Waals surface area contributed by atoms with E-state index in [1.54, 1.807) is 7.11 Å². The zero-order valence-electron chi connectivity index (χ0n) is 17.4. The molecule has 3 aromatic rings. The number of aliphatic hydroxyl groups excluding tert-OH is 1. The second-order valence-electron chi connectivity index (χ2n) is 7.23. The van der Waals surface area contributed by atoms with Crippen LogP contribution in [0, 0.1) is 6.92 Å². The van der Waals surface area contributed by atoms with Crippen molar-refractivity contribution in [3.63, 3.8) is 0 Å². The number of carboxylic acids is 2. The van der Waals surface area contributed by atoms with Crippen molar-refractivity contribution in [2.24, 2.45) is 7.05 Å². The normalized spacial score (nSPS) is 17.0. The molecule has 2 atom stereocenters. The van der Waals surface area contributed by atoms with Crippen LogP contribution >= 0.6 is 0 Å². The second kappa shape index (κ2) is 9.15. The van der Waals surface area contributed by atoms with Crippen LogP contribution in [0.4, 0.5) is 0 Å². The number of rotatable bonds is 4. The van der Waals surface area contributed by atoms with Crippen molar-refractivity contribution in [3.05, 3.63) is 58.9 Å². The highest BCUT2D eigenvalue weighted by Crippen LogP contribution is 2.38. The van der Waals surface area contributed by atoms with Gasteiger partial charge in [0, 0.05) is 20.6 Å². The van der Waals surface area contributed by atoms with Crippen molar-refractivity contribution in [3.8, 4) is 5.75 Å². The quantitative estimate of drug-likeness (QED) is 0.539. The smallest absolute Gasteiger partial charge is 0.414 e. The van der Waals surface area contributed by atoms with Crippen LogP contribution in [-0.4, -0.2) is 50.0 Å². The molecule has 0 saturated heterocycles. The van der Waals surface area contributed by atoms with Gasteiger partial charge in [-0.3, -0.25) is 0 Å². The Morgan fingerprint density at radius 1 is 1.19 bits per heavy atom. The summed E-state index contributed by atoms with van der Waals surface area (Å²) < 4.78 is 13.6. The fourth-order valence-corrected chi connectivity index (χ4v) is 3.58. The molecular formula is C22H24N2O7. The van der Waals surface area contributed by atoms with Gasteiger partial charge in [-0.1, -0.05) is 24.3 Å². The van der Waals surface area contributed by atoms with E-state index in [-0.39, 0.29) is 6.10 Å². The average Bonchev–Trinajstić information content (AvgIpc) is 3.19. The summed E-state index contributed by atoms with van der Waals surface area (Å²) in [6.45, 7) is 2.47. The summed E-state index contributed by atoms with van der Waals surface area (Å²) in [5, 5.41) is 25.3. The molecule has 0 radical (unpaired) electrons. The number of aryl methyl sites for hydroxylation is 2. The first-order valence-electron chi connectivity index (χ1n) is 9.56. The van der Waals surface area contributed by atoms with Gasteiger partial charge in [0.25, 0.3) is 0 Å². The molecule has 0 unspecified atom stereocenters. The number of hydrogen-bond acceptors (Lipinski definition) is 6. The average molecular weight is 428 g/mol. The summed E-state index contributed by atoms with van der Waals surface area (Å²) >= 11 is 0. The lowest BCUT2D eigenvalue weighted by Gasteiger charge is -2.19. The molecule has 0 fully saturated rings. The van der Waals surface area contributed by atoms with Crippen molar-refractivity contribution in [1.29, 1.82) is 0 Å². The molecule has 1 aliphatic carbocycles. The fourth-order valence-electron chi connectivity index (χ4n) is 3.58. The third-order valence-electron chi connectivity index (χ3n) is 5.12. The second-order valence-corrected chi connectivity index (χ2v) is 7.23. The summed E-state index contributed by atoms with van der Waals surface area (Å²) in [5.41, 5.74) is 5.03. The van der Waals surface area contributed by atoms with E-state index in [0.29, 0.717) is 18.8 Å². The minimum atomic E-state index is -1.82. The molecule has 0 amide bonds. The number of aliphatic hydroxyl groups is 1. The van der Waals surface area contributed by atoms with Crippen LogP contribution in [0.2, 0.25) is 0 Å². The highest BCUT2D eigenvalue weighted by molar-refractivity contribution is 6.27. The van der Waals surface area contributed by atoms with Crippen molar-refractivity contribution in [2.45, 2.75) is 32.2 Å². The van der Waals surface area contributed by atoms with Gasteiger partial charge in [-0.15, -0.1) is 0 Å². The van der Waals surface area contributed by atoms with Gasteiger partial charge in [-0.2, -0.15) is 0 Å². The minimum Gasteiger partial charge on any atom is -0.481 e. The lowest BCUT2D eigenvalue weighted by atomic mass is 10.1. The Morgan fingerprint density at radius 2 is 1.87 bits per heavy atom. The number of aromatic nitrogens is 2. The fraction of sp³-hybridized carbons (Fsp3) is 0.318. The number of nitrogens with zero attached hydrogens (tertiary/aromatic N) is 2. The molecule has 0 bridgehead atoms. The van der Waals surface area contributed by atoms with Crippen LogP contribution < -0.4 is 4.74 Å². The maximum absolute atomic E-state index is 10.5. The maximum atomic E-state index is 10.5. The van der Waals surface area contributed by atoms with Gasteiger partial charge < -0.3 is 29.4 Å². The summed E-state index contributed by atoms with van der Waals surface area (Å²) in [4.78, 5) is 22.9. The number of ether oxygens (including phenoxy) is 2. The Bertz CT molecular complexity index is 1110. The third-order valence-corrected chi connectivity index (χ3v) is 5.12. The van der Waals surface area contributed by atoms with E-state index in [2.05, 4.69) is 11.1 Å². The molecule has 0 aliphatic heterocycles. The summed E-state index contributed by atoms with van der Waals surface area (Å²) in [6.07, 6.45) is -0.314. The van der Waals surface area contributed by atoms with Gasteiger partial charge in [0.05, 0.1) is 18.2 Å². The van der Waals surface area contributed by atoms with Crippen LogP contribution in [0.5, 0.6) is 5.75 Å². The predicted molar refractivity (Wildman–Crippen MR) is 111 cm³/mol. The van der Waals surface area contributed by atoms with Gasteiger partial charge in [-0.05, 0) is 35.7 Å². The molecule has 0 saturated carbocycles. The van der Waals surface area contributed by atoms with E-state index in [1.165, 1.54) is 0 Å². The number of carbonyl (C=O) groups is 2. The topological polar surface area (TPSA) is 131 Å². The van der Waals surface area contributed by atoms with Crippen LogP contribution in [-0.2, 0) is 34.4 Å². The zero-order chi connectivity index (χ0) is 22.7. The van der Waals surface area contributed by atoms with E-state index < -0.39 is 18.0 Å². The molecule has 4 rings (SSSR count). The molecular weight excluding hydrogens is 404 g/mol. The van der Waals surface area contributed by atoms with Crippen molar-refractivity contribution < 1.29 is 34.4 Å². The first-order valence-corrected chi connectivity index (χ1v) is 9.56. The molecule has 9 nitrogen and oxygen atoms in total. The Hall–Kier alpha value is -3.43. The Labute approximate surface area is 178 Å². The monoisotopic (exact) mass is 428 g/mol. The van der Waals surface area contributed by atoms with E-state index >= 15 is 0 Å². The van der Waals surface area contributed by atoms with Gasteiger partial charge >= 0.3 is 11.9 Å². The molecule has 1 aromatic heterocycles. The standard InChI is InChI=1S/C20H22N2O3.C2H2O4/c1-12-21-19-16(22(12)2)8-13(11-24-3)9-18(19)25-20-15-7-5-4-6-14(15)10-17(20)23;3-1(4)2(5)6/h4-9,17,20,23H,10-11H2,1-3H3;(H,3,4)(H,5,6)/t17-,20-;/m1./s1. The SMILES string of the molecule is COCc1cc(O[C@@H]2c3ccccc3C[C@H]2O)c2nc(C)n(C)c2c1.O=C(O)C(=O)O. The van der Waals surface area contributed by atoms with Gasteiger partial charge in [0.15, 0.2) is 6.10 Å². The van der Waals surface area contributed by atoms with Crippen molar-refractivity contribution in [1.82, 2.24) is 9.55 Å². The number of benzene rings is 2. The van der Waals surface area contributed by atoms with Crippen LogP contribution in [0.3, 0.4) is 0 Å². The zero-order valence-corrected chi connectivity index (χ0v) is 17.4. The first kappa shape index (κ1) is 22.3. The van der Waals surface area contributed by atoms with Gasteiger partial charge in [-0.25, -0.2) is 14.6 Å². The number of carboxylic acid groups (broad SMARTS) is 2. The summed E-state index contributed by atoms with van der Waals surface area (Å²) in [7, 11) is 3.67. The Balaban J connectivity index is 0.000000401. The third kappa shape index (κ3) is 4.68. The number of imidazole rings is 1. The largest absolute Gasteiger partial charge is 0.481 e. The molecule has 3 N–H and O–H groups in total. The summed E-state index contributed by atoms with van der Waals surface area (Å²) in [6, 6.07) is 12.1. The highest BCUT2D eigenvalue weighted by atomic mass is 16.5. The molecule has 1 aliphatic rings. The van der Waals surface area contributed by atoms with Gasteiger partial charge in [0.2, 0.25) is 0 Å². The summed E-state index contributed by atoms with van der Waals surface area (Å²) in [5.74, 6) is -2.04. The lowest BCUT2D eigenvalue weighted by Crippen LogP contribution is -2.19. The molecule has 9 heteroatoms. The van der Waals surface area contributed by atoms with Gasteiger partial charge in [0.1, 0.15) is 17.1 Å². The molecule has 31 heavy (non-hydrogen) atoms.